The van der Waals surface area contributed by atoms with Gasteiger partial charge in [-0.3, -0.25) is 0 Å². The molecular formula is C80H66N2Si2. The van der Waals surface area contributed by atoms with Crippen LogP contribution in [0.4, 0.5) is 34.1 Å². The Hall–Kier alpha value is -9.59. The van der Waals surface area contributed by atoms with Crippen molar-refractivity contribution in [1.82, 2.24) is 0 Å². The maximum Gasteiger partial charge on any atom is 0.0775 e. The summed E-state index contributed by atoms with van der Waals surface area (Å²) in [5, 5.41) is 15.2. The van der Waals surface area contributed by atoms with Gasteiger partial charge < -0.3 is 9.80 Å². The SMILES string of the molecule is C[Si](C)(C)c1ccc(N(c2ccccc2)c2cccc(-c3c4ccccc4c(-c4cccc5c(-c6c7ccccc7c(-c7cccc(N(c8ccccc8)c8ccc([Si](C)(C)C)cc8)c7)c7ccccc67)cccc45)c4ccccc34)c2)cc1. The first-order valence-electron chi connectivity index (χ1n) is 29.5. The molecule has 14 rings (SSSR count). The highest BCUT2D eigenvalue weighted by Crippen LogP contribution is 2.50. The summed E-state index contributed by atoms with van der Waals surface area (Å²) in [6, 6.07) is 109. The monoisotopic (exact) mass is 1110 g/mol. The third-order valence-corrected chi connectivity index (χ3v) is 21.3. The molecule has 4 heteroatoms. The van der Waals surface area contributed by atoms with Crippen molar-refractivity contribution >= 4 is 115 Å². The second-order valence-corrected chi connectivity index (χ2v) is 34.6. The zero-order valence-corrected chi connectivity index (χ0v) is 50.6. The van der Waals surface area contributed by atoms with E-state index < -0.39 is 16.1 Å². The highest BCUT2D eigenvalue weighted by Gasteiger charge is 2.25. The maximum atomic E-state index is 2.41. The number of hydrogen-bond acceptors (Lipinski definition) is 2. The minimum Gasteiger partial charge on any atom is -0.310 e. The normalized spacial score (nSPS) is 11.9. The number of nitrogens with zero attached hydrogens (tertiary/aromatic N) is 2. The van der Waals surface area contributed by atoms with Crippen molar-refractivity contribution in [3.63, 3.8) is 0 Å². The molecule has 0 atom stereocenters. The molecule has 0 radical (unpaired) electrons. The van der Waals surface area contributed by atoms with Gasteiger partial charge in [0.1, 0.15) is 0 Å². The molecule has 0 saturated carbocycles. The fourth-order valence-corrected chi connectivity index (χ4v) is 15.4. The molecule has 14 aromatic rings. The van der Waals surface area contributed by atoms with Crippen LogP contribution >= 0.6 is 0 Å². The lowest BCUT2D eigenvalue weighted by molar-refractivity contribution is 1.29. The van der Waals surface area contributed by atoms with Gasteiger partial charge in [0, 0.05) is 34.1 Å². The molecule has 0 saturated heterocycles. The van der Waals surface area contributed by atoms with Crippen LogP contribution in [0.15, 0.2) is 291 Å². The predicted molar refractivity (Wildman–Crippen MR) is 371 cm³/mol. The standard InChI is InChI=1S/C80H66N2Si2/c1-83(2,3)63-49-45-59(46-50-63)81(57-27-9-7-10-28-57)61-31-21-25-55(53-61)77-69-33-13-17-37-73(69)79(74-38-18-14-34-70(74)77)67-43-23-42-66-65(67)41-24-44-68(66)80-75-39-19-15-35-71(75)78(72-36-16-20-40-76(72)80)56-26-22-32-62(54-56)82(58-29-11-8-12-30-58)60-47-51-64(52-48-60)84(4,5)6/h7-54H,1-6H3. The average molecular weight is 1110 g/mol. The zero-order chi connectivity index (χ0) is 57.1. The Bertz CT molecular complexity index is 4370. The van der Waals surface area contributed by atoms with E-state index in [0.29, 0.717) is 0 Å². The van der Waals surface area contributed by atoms with Crippen molar-refractivity contribution < 1.29 is 0 Å². The van der Waals surface area contributed by atoms with E-state index in [-0.39, 0.29) is 0 Å². The molecule has 0 aliphatic rings. The van der Waals surface area contributed by atoms with Crippen molar-refractivity contribution in [2.24, 2.45) is 0 Å². The molecule has 0 aromatic heterocycles. The van der Waals surface area contributed by atoms with Crippen molar-refractivity contribution in [2.75, 3.05) is 9.80 Å². The number of fused-ring (bicyclic) bond motifs is 5. The van der Waals surface area contributed by atoms with Gasteiger partial charge in [0.2, 0.25) is 0 Å². The number of benzene rings is 14. The third kappa shape index (κ3) is 9.38. The molecule has 404 valence electrons. The Balaban J connectivity index is 0.924. The Morgan fingerprint density at radius 1 is 0.202 bits per heavy atom. The van der Waals surface area contributed by atoms with Gasteiger partial charge in [-0.25, -0.2) is 0 Å². The molecule has 84 heavy (non-hydrogen) atoms. The van der Waals surface area contributed by atoms with Crippen LogP contribution < -0.4 is 20.2 Å². The van der Waals surface area contributed by atoms with Crippen LogP contribution in [0.1, 0.15) is 0 Å². The van der Waals surface area contributed by atoms with E-state index in [9.17, 15) is 0 Å². The third-order valence-electron chi connectivity index (χ3n) is 17.1. The van der Waals surface area contributed by atoms with Gasteiger partial charge in [0.25, 0.3) is 0 Å². The first-order chi connectivity index (χ1) is 41.0. The summed E-state index contributed by atoms with van der Waals surface area (Å²) in [4.78, 5) is 4.80. The Labute approximate surface area is 496 Å². The Morgan fingerprint density at radius 2 is 0.452 bits per heavy atom. The summed E-state index contributed by atoms with van der Waals surface area (Å²) >= 11 is 0. The smallest absolute Gasteiger partial charge is 0.0775 e. The van der Waals surface area contributed by atoms with Crippen LogP contribution in [0.2, 0.25) is 39.3 Å². The summed E-state index contributed by atoms with van der Waals surface area (Å²) < 4.78 is 0. The summed E-state index contributed by atoms with van der Waals surface area (Å²) in [6.45, 7) is 14.5. The quantitative estimate of drug-likeness (QED) is 0.0889. The minimum atomic E-state index is -1.49. The van der Waals surface area contributed by atoms with Gasteiger partial charge >= 0.3 is 0 Å². The molecule has 0 heterocycles. The van der Waals surface area contributed by atoms with Crippen LogP contribution in [0, 0.1) is 0 Å². The van der Waals surface area contributed by atoms with Crippen LogP contribution in [-0.4, -0.2) is 16.1 Å². The van der Waals surface area contributed by atoms with E-state index in [1.807, 2.05) is 0 Å². The molecule has 14 aromatic carbocycles. The molecule has 0 bridgehead atoms. The highest BCUT2D eigenvalue weighted by molar-refractivity contribution is 6.89. The lowest BCUT2D eigenvalue weighted by Gasteiger charge is -2.27. The lowest BCUT2D eigenvalue weighted by atomic mass is 9.82. The van der Waals surface area contributed by atoms with E-state index in [0.717, 1.165) is 34.1 Å². The maximum absolute atomic E-state index is 2.41. The molecular weight excluding hydrogens is 1050 g/mol. The molecule has 0 aliphatic heterocycles. The fourth-order valence-electron chi connectivity index (χ4n) is 13.1. The highest BCUT2D eigenvalue weighted by atomic mass is 28.3. The zero-order valence-electron chi connectivity index (χ0n) is 48.6. The molecule has 0 aliphatic carbocycles. The van der Waals surface area contributed by atoms with Gasteiger partial charge in [0.15, 0.2) is 0 Å². The Morgan fingerprint density at radius 3 is 0.762 bits per heavy atom. The van der Waals surface area contributed by atoms with Crippen LogP contribution in [0.25, 0.3) is 98.4 Å². The minimum absolute atomic E-state index is 1.12. The fraction of sp³-hybridized carbons (Fsp3) is 0.0750. The topological polar surface area (TPSA) is 6.48 Å². The summed E-state index contributed by atoms with van der Waals surface area (Å²) in [5.41, 5.74) is 16.6. The average Bonchev–Trinajstić information content (AvgIpc) is 2.23. The van der Waals surface area contributed by atoms with Crippen LogP contribution in [0.5, 0.6) is 0 Å². The van der Waals surface area contributed by atoms with E-state index in [2.05, 4.69) is 340 Å². The van der Waals surface area contributed by atoms with Gasteiger partial charge in [-0.15, -0.1) is 0 Å². The predicted octanol–water partition coefficient (Wildman–Crippen LogP) is 22.2. The molecule has 0 N–H and O–H groups in total. The molecule has 0 spiro atoms. The second-order valence-electron chi connectivity index (χ2n) is 24.4. The van der Waals surface area contributed by atoms with Gasteiger partial charge in [-0.05, 0) is 171 Å². The number of para-hydroxylation sites is 2. The molecule has 0 amide bonds. The van der Waals surface area contributed by atoms with E-state index in [1.165, 1.54) is 109 Å². The second kappa shape index (κ2) is 21.3. The Kier molecular flexibility index (Phi) is 13.3. The molecule has 0 unspecified atom stereocenters. The van der Waals surface area contributed by atoms with Crippen molar-refractivity contribution in [1.29, 1.82) is 0 Å². The van der Waals surface area contributed by atoms with E-state index >= 15 is 0 Å². The van der Waals surface area contributed by atoms with Crippen LogP contribution in [-0.2, 0) is 0 Å². The first-order valence-corrected chi connectivity index (χ1v) is 36.5. The van der Waals surface area contributed by atoms with Crippen molar-refractivity contribution in [3.05, 3.63) is 291 Å². The summed E-state index contributed by atoms with van der Waals surface area (Å²) in [7, 11) is -2.99. The van der Waals surface area contributed by atoms with Crippen molar-refractivity contribution in [2.45, 2.75) is 39.3 Å². The summed E-state index contributed by atoms with van der Waals surface area (Å²) in [6.07, 6.45) is 0. The lowest BCUT2D eigenvalue weighted by Crippen LogP contribution is -2.37. The van der Waals surface area contributed by atoms with Crippen LogP contribution in [0.3, 0.4) is 0 Å². The first kappa shape index (κ1) is 52.5. The molecule has 0 fully saturated rings. The van der Waals surface area contributed by atoms with Gasteiger partial charge in [-0.1, -0.05) is 268 Å². The van der Waals surface area contributed by atoms with Gasteiger partial charge in [-0.2, -0.15) is 0 Å². The van der Waals surface area contributed by atoms with Gasteiger partial charge in [0.05, 0.1) is 16.1 Å². The number of rotatable bonds is 12. The number of hydrogen-bond donors (Lipinski definition) is 0. The molecule has 2 nitrogen and oxygen atoms in total. The van der Waals surface area contributed by atoms with E-state index in [1.54, 1.807) is 0 Å². The van der Waals surface area contributed by atoms with Crippen molar-refractivity contribution in [3.8, 4) is 44.5 Å². The number of anilines is 6. The summed E-state index contributed by atoms with van der Waals surface area (Å²) in [5.74, 6) is 0. The van der Waals surface area contributed by atoms with E-state index in [4.69, 9.17) is 0 Å². The largest absolute Gasteiger partial charge is 0.310 e.